The van der Waals surface area contributed by atoms with Crippen molar-refractivity contribution in [2.45, 2.75) is 302 Å². The van der Waals surface area contributed by atoms with E-state index < -0.39 is 100.0 Å². The maximum atomic E-state index is 12.9. The number of β-lactam (4-membered cyclic amide) rings is 5. The highest BCUT2D eigenvalue weighted by Crippen LogP contribution is 2.52. The second-order valence-electron chi connectivity index (χ2n) is 42.0. The molecular weight excluding hydrogens is 1720 g/mol. The van der Waals surface area contributed by atoms with E-state index >= 15 is 0 Å². The number of benzene rings is 1. The van der Waals surface area contributed by atoms with Gasteiger partial charge < -0.3 is 91.0 Å². The van der Waals surface area contributed by atoms with Crippen LogP contribution in [-0.4, -0.2) is 288 Å². The van der Waals surface area contributed by atoms with Crippen LogP contribution < -0.4 is 81.4 Å². The molecule has 21 rings (SSSR count). The zero-order valence-electron chi connectivity index (χ0n) is 76.5. The first-order chi connectivity index (χ1) is 62.6. The second-order valence-corrected chi connectivity index (χ2v) is 42.0. The van der Waals surface area contributed by atoms with Gasteiger partial charge >= 0.3 is 0 Å². The van der Waals surface area contributed by atoms with Gasteiger partial charge in [0.2, 0.25) is 59.1 Å². The highest BCUT2D eigenvalue weighted by atomic mass is 16.3. The van der Waals surface area contributed by atoms with Gasteiger partial charge in [-0.1, -0.05) is 44.2 Å². The molecule has 10 amide bonds. The number of carbonyl (C=O) groups excluding carboxylic acids is 20. The van der Waals surface area contributed by atoms with Gasteiger partial charge in [0, 0.05) is 142 Å². The van der Waals surface area contributed by atoms with Gasteiger partial charge in [0.05, 0.1) is 115 Å². The number of ketones is 10. The van der Waals surface area contributed by atoms with Crippen molar-refractivity contribution in [3.63, 3.8) is 0 Å². The Labute approximate surface area is 770 Å². The average Bonchev–Trinajstić information content (AvgIpc) is 1.57. The first-order valence-electron chi connectivity index (χ1n) is 47.2. The van der Waals surface area contributed by atoms with Crippen LogP contribution in [0, 0.1) is 51.2 Å². The second kappa shape index (κ2) is 37.4. The number of likely N-dealkylation sites (tertiary alicyclic amines) is 2. The minimum Gasteiger partial charge on any atom is -0.393 e. The minimum absolute atomic E-state index is 0.0503. The summed E-state index contributed by atoms with van der Waals surface area (Å²) in [6.45, 7) is 15.0. The van der Waals surface area contributed by atoms with Crippen LogP contribution in [0.4, 0.5) is 0 Å². The summed E-state index contributed by atoms with van der Waals surface area (Å²) in [5.41, 5.74) is 17.5. The number of amides is 10. The molecule has 40 nitrogen and oxygen atoms in total. The number of nitrogens with zero attached hydrogens (tertiary/aromatic N) is 2. The average molecular weight is 1860 g/mol. The van der Waals surface area contributed by atoms with Crippen LogP contribution in [0.1, 0.15) is 220 Å². The number of hydrogen-bond donors (Lipinski definition) is 18. The van der Waals surface area contributed by atoms with Crippen LogP contribution in [0.2, 0.25) is 0 Å². The van der Waals surface area contributed by atoms with Crippen LogP contribution in [-0.2, 0) is 102 Å². The van der Waals surface area contributed by atoms with Crippen molar-refractivity contribution in [1.82, 2.24) is 68.3 Å². The van der Waals surface area contributed by atoms with Gasteiger partial charge in [-0.3, -0.25) is 111 Å². The molecule has 12 spiro atoms. The van der Waals surface area contributed by atoms with Crippen molar-refractivity contribution >= 4 is 117 Å². The van der Waals surface area contributed by atoms with Crippen LogP contribution in [0.15, 0.2) is 30.3 Å². The zero-order chi connectivity index (χ0) is 96.5. The van der Waals surface area contributed by atoms with E-state index in [1.807, 2.05) is 35.2 Å². The molecular formula is C93H131N17O23. The minimum atomic E-state index is -0.985. The molecule has 726 valence electrons. The molecule has 20 fully saturated rings. The van der Waals surface area contributed by atoms with Crippen molar-refractivity contribution in [3.05, 3.63) is 35.9 Å². The molecule has 1 aromatic carbocycles. The summed E-state index contributed by atoms with van der Waals surface area (Å²) in [7, 11) is 0. The maximum absolute atomic E-state index is 12.9. The third-order valence-corrected chi connectivity index (χ3v) is 33.5. The molecule has 0 aromatic heterocycles. The van der Waals surface area contributed by atoms with E-state index in [0.29, 0.717) is 165 Å². The van der Waals surface area contributed by atoms with Crippen molar-refractivity contribution < 1.29 is 111 Å². The number of carbonyl (C=O) groups is 20. The summed E-state index contributed by atoms with van der Waals surface area (Å²) in [5, 5.41) is 61.6. The number of aliphatic hydroxyl groups is 3. The molecule has 0 radical (unpaired) electrons. The molecule has 22 N–H and O–H groups in total. The van der Waals surface area contributed by atoms with Gasteiger partial charge in [0.25, 0.3) is 0 Å². The Morgan fingerprint density at radius 3 is 0.925 bits per heavy atom. The van der Waals surface area contributed by atoms with Crippen LogP contribution in [0.25, 0.3) is 0 Å². The number of nitrogens with one attached hydrogen (secondary N) is 11. The molecule has 16 unspecified atom stereocenters. The summed E-state index contributed by atoms with van der Waals surface area (Å²) >= 11 is 0. The lowest BCUT2D eigenvalue weighted by molar-refractivity contribution is -0.152. The first kappa shape index (κ1) is 99.2. The number of nitrogens with two attached hydrogens (primary N) is 4. The van der Waals surface area contributed by atoms with Gasteiger partial charge in [-0.25, -0.2) is 0 Å². The zero-order valence-corrected chi connectivity index (χ0v) is 76.5. The predicted molar refractivity (Wildman–Crippen MR) is 470 cm³/mol. The molecule has 1 aromatic rings. The van der Waals surface area contributed by atoms with E-state index in [1.165, 1.54) is 20.8 Å². The van der Waals surface area contributed by atoms with Crippen LogP contribution in [0.5, 0.6) is 0 Å². The molecule has 20 aliphatic rings. The molecule has 13 saturated heterocycles. The van der Waals surface area contributed by atoms with Crippen molar-refractivity contribution in [3.8, 4) is 0 Å². The molecule has 7 aliphatic carbocycles. The quantitative estimate of drug-likeness (QED) is 0.0580. The third-order valence-electron chi connectivity index (χ3n) is 33.5. The van der Waals surface area contributed by atoms with Gasteiger partial charge in [-0.15, -0.1) is 0 Å². The Bertz CT molecular complexity index is 4530. The molecule has 13 heterocycles. The predicted octanol–water partition coefficient (Wildman–Crippen LogP) is -4.61. The summed E-state index contributed by atoms with van der Waals surface area (Å²) in [6, 6.07) is 8.44. The Kier molecular flexibility index (Phi) is 27.9. The topological polar surface area (TPSA) is 645 Å². The number of aliphatic hydroxyl groups excluding tert-OH is 3. The maximum Gasteiger partial charge on any atom is 0.242 e. The number of primary amides is 4. The monoisotopic (exact) mass is 1850 g/mol. The van der Waals surface area contributed by atoms with Crippen LogP contribution >= 0.6 is 0 Å². The van der Waals surface area contributed by atoms with E-state index in [1.54, 1.807) is 18.7 Å². The molecule has 7 saturated carbocycles. The van der Waals surface area contributed by atoms with Gasteiger partial charge in [-0.05, 0) is 142 Å². The van der Waals surface area contributed by atoms with Gasteiger partial charge in [0.1, 0.15) is 11.1 Å². The van der Waals surface area contributed by atoms with E-state index in [4.69, 9.17) is 22.9 Å². The van der Waals surface area contributed by atoms with Crippen LogP contribution in [0.3, 0.4) is 0 Å². The molecule has 22 atom stereocenters. The highest BCUT2D eigenvalue weighted by Gasteiger charge is 2.67. The lowest BCUT2D eigenvalue weighted by Crippen LogP contribution is -2.71. The smallest absolute Gasteiger partial charge is 0.242 e. The van der Waals surface area contributed by atoms with E-state index in [-0.39, 0.29) is 145 Å². The first-order valence-corrected chi connectivity index (χ1v) is 47.2. The number of Topliss-reactive ketones (excluding diaryl/α,β-unsaturated/α-hetero) is 10. The lowest BCUT2D eigenvalue weighted by Gasteiger charge is -2.46. The molecule has 133 heavy (non-hydrogen) atoms. The fraction of sp³-hybridized carbons (Fsp3) is 0.720. The SMILES string of the molecule is CC(C)C(=O)N1CC(C(N)=O)CC12CCC2=O.C[C@@H](O)[C@H](CC(=O)C1CCC2(CCC2=O)N1)C(N)=O.C[C@@H](O)[C@H](CC(=O)C1CCC2(CCC2=O)N1)C(N)=O.C[C@@H](O)[C@H](CC(=O)C1CCC2(CNC2=O)N1Cc1ccccc1)C(N)=O.O=C1NCC12CNC1(CCC1=O)C2.O=C1NCC12CNC1(CCC1=O)C2.O=C1NCC12CNC1(CCC1=O)C2.O=C1NCC12CNC1(CCC1=O)C2. The Hall–Kier alpha value is -9.78. The summed E-state index contributed by atoms with van der Waals surface area (Å²) < 4.78 is 0. The third kappa shape index (κ3) is 18.2. The molecule has 40 heteroatoms. The summed E-state index contributed by atoms with van der Waals surface area (Å²) in [6.07, 6.45) is 14.2. The molecule has 13 aliphatic heterocycles. The van der Waals surface area contributed by atoms with E-state index in [2.05, 4.69) is 58.5 Å². The fourth-order valence-electron chi connectivity index (χ4n) is 23.2. The largest absolute Gasteiger partial charge is 0.393 e. The van der Waals surface area contributed by atoms with Crippen molar-refractivity contribution in [2.75, 3.05) is 65.4 Å². The standard InChI is InChI=1S/C19H25N3O4.2C13H20N2O4.C12H18N2O3.4C9H12N2O2/c1-12(23)14(17(20)25)9-16(24)15-7-8-19(11-21-18(19)26)22(15)10-13-5-3-2-4-6-13;2*1-7(16)8(12(14)19)6-10(17)9-2-4-13(15-9)5-3-11(13)18;1-7(2)11(17)14-6-8(10(13)16)5-12(14)4-3-9(12)15;4*12-6-1-2-9(6)3-8(5-11-9)4-10-7(8)13/h2-6,12,14-15,23H,7-11H2,1H3,(H2,20,25)(H,21,26);2*7-9,15-16H,2-6H2,1H3,(H2,14,19);7-8H,3-6H2,1-2H3,(H2,13,16);4*11H,1-5H2,(H,10,13)/t12-,14+,15?,19?;2*7-,8+,9?,13?;;;;;/m111...../s1. The van der Waals surface area contributed by atoms with E-state index in [0.717, 1.165) is 96.0 Å². The molecule has 0 bridgehead atoms. The number of hydrogen-bond acceptors (Lipinski definition) is 30. The Balaban J connectivity index is 0.000000123. The Morgan fingerprint density at radius 2 is 0.714 bits per heavy atom. The van der Waals surface area contributed by atoms with Crippen molar-refractivity contribution in [2.24, 2.45) is 74.2 Å². The fourth-order valence-corrected chi connectivity index (χ4v) is 23.2. The van der Waals surface area contributed by atoms with E-state index in [9.17, 15) is 111 Å². The van der Waals surface area contributed by atoms with Gasteiger partial charge in [-0.2, -0.15) is 0 Å². The summed E-state index contributed by atoms with van der Waals surface area (Å²) in [5.74, 6) is -4.07. The Morgan fingerprint density at radius 1 is 0.383 bits per heavy atom. The lowest BCUT2D eigenvalue weighted by atomic mass is 9.67. The number of rotatable bonds is 19. The van der Waals surface area contributed by atoms with Gasteiger partial charge in [0.15, 0.2) is 57.8 Å². The normalized spacial score (nSPS) is 37.6. The van der Waals surface area contributed by atoms with Crippen molar-refractivity contribution in [1.29, 1.82) is 0 Å². The highest BCUT2D eigenvalue weighted by molar-refractivity contribution is 6.04. The summed E-state index contributed by atoms with van der Waals surface area (Å²) in [4.78, 5) is 236.